The van der Waals surface area contributed by atoms with Crippen molar-refractivity contribution in [1.82, 2.24) is 19.5 Å². The van der Waals surface area contributed by atoms with Crippen LogP contribution in [0.15, 0.2) is 6.07 Å². The van der Waals surface area contributed by atoms with Gasteiger partial charge in [-0.3, -0.25) is 0 Å². The number of fused-ring (bicyclic) bond motifs is 1. The third-order valence-corrected chi connectivity index (χ3v) is 5.30. The summed E-state index contributed by atoms with van der Waals surface area (Å²) in [5, 5.41) is 4.71. The van der Waals surface area contributed by atoms with Gasteiger partial charge in [0.1, 0.15) is 5.82 Å². The lowest BCUT2D eigenvalue weighted by Crippen LogP contribution is -2.41. The standard InChI is InChI=1S/C19H31N5O/c1-14-11-18(24-19(20-14)15(2)16(3)21-24)22(4)12-17-7-6-8-23(13-17)9-10-25-5/h11,17H,6-10,12-13H2,1-5H3. The van der Waals surface area contributed by atoms with E-state index in [-0.39, 0.29) is 0 Å². The molecule has 6 nitrogen and oxygen atoms in total. The summed E-state index contributed by atoms with van der Waals surface area (Å²) in [6.45, 7) is 11.5. The summed E-state index contributed by atoms with van der Waals surface area (Å²) in [4.78, 5) is 9.56. The van der Waals surface area contributed by atoms with Crippen LogP contribution in [0.2, 0.25) is 0 Å². The summed E-state index contributed by atoms with van der Waals surface area (Å²) in [6.07, 6.45) is 2.56. The first-order chi connectivity index (χ1) is 12.0. The van der Waals surface area contributed by atoms with Crippen LogP contribution in [0.3, 0.4) is 0 Å². The molecule has 0 saturated carbocycles. The number of aryl methyl sites for hydroxylation is 3. The van der Waals surface area contributed by atoms with Crippen LogP contribution in [0.4, 0.5) is 5.82 Å². The molecule has 1 atom stereocenters. The fraction of sp³-hybridized carbons (Fsp3) is 0.684. The van der Waals surface area contributed by atoms with Gasteiger partial charge in [0, 0.05) is 51.1 Å². The van der Waals surface area contributed by atoms with Gasteiger partial charge in [-0.2, -0.15) is 9.61 Å². The minimum atomic E-state index is 0.678. The van der Waals surface area contributed by atoms with Gasteiger partial charge in [0.25, 0.3) is 0 Å². The fourth-order valence-corrected chi connectivity index (χ4v) is 3.81. The fourth-order valence-electron chi connectivity index (χ4n) is 3.81. The number of hydrogen-bond acceptors (Lipinski definition) is 5. The molecule has 2 aromatic rings. The molecule has 3 rings (SSSR count). The smallest absolute Gasteiger partial charge is 0.160 e. The van der Waals surface area contributed by atoms with Crippen molar-refractivity contribution in [3.05, 3.63) is 23.0 Å². The van der Waals surface area contributed by atoms with E-state index in [1.807, 2.05) is 4.52 Å². The Hall–Kier alpha value is -1.66. The van der Waals surface area contributed by atoms with Crippen molar-refractivity contribution in [1.29, 1.82) is 0 Å². The highest BCUT2D eigenvalue weighted by molar-refractivity contribution is 5.56. The number of piperidine rings is 1. The average Bonchev–Trinajstić information content (AvgIpc) is 2.87. The molecule has 1 aliphatic rings. The molecule has 3 heterocycles. The molecule has 0 N–H and O–H groups in total. The van der Waals surface area contributed by atoms with E-state index in [0.29, 0.717) is 5.92 Å². The average molecular weight is 345 g/mol. The van der Waals surface area contributed by atoms with Gasteiger partial charge in [0.2, 0.25) is 0 Å². The zero-order valence-corrected chi connectivity index (χ0v) is 16.2. The van der Waals surface area contributed by atoms with Crippen LogP contribution >= 0.6 is 0 Å². The quantitative estimate of drug-likeness (QED) is 0.805. The Morgan fingerprint density at radius 3 is 2.88 bits per heavy atom. The lowest BCUT2D eigenvalue weighted by atomic mass is 9.97. The van der Waals surface area contributed by atoms with Crippen LogP contribution in [0.1, 0.15) is 29.8 Å². The number of nitrogens with zero attached hydrogens (tertiary/aromatic N) is 5. The molecule has 0 aliphatic carbocycles. The first-order valence-corrected chi connectivity index (χ1v) is 9.25. The van der Waals surface area contributed by atoms with E-state index in [9.17, 15) is 0 Å². The molecule has 1 unspecified atom stereocenters. The summed E-state index contributed by atoms with van der Waals surface area (Å²) in [7, 11) is 3.95. The molecule has 1 fully saturated rings. The summed E-state index contributed by atoms with van der Waals surface area (Å²) < 4.78 is 7.24. The van der Waals surface area contributed by atoms with Crippen LogP contribution in [0.25, 0.3) is 5.65 Å². The van der Waals surface area contributed by atoms with Crippen LogP contribution in [0, 0.1) is 26.7 Å². The van der Waals surface area contributed by atoms with Gasteiger partial charge in [0.05, 0.1) is 12.3 Å². The Morgan fingerprint density at radius 2 is 2.12 bits per heavy atom. The van der Waals surface area contributed by atoms with Gasteiger partial charge in [-0.1, -0.05) is 0 Å². The number of likely N-dealkylation sites (tertiary alicyclic amines) is 1. The molecular formula is C19H31N5O. The van der Waals surface area contributed by atoms with E-state index in [2.05, 4.69) is 48.7 Å². The molecule has 0 bridgehead atoms. The zero-order valence-electron chi connectivity index (χ0n) is 16.2. The molecule has 1 saturated heterocycles. The largest absolute Gasteiger partial charge is 0.383 e. The Bertz CT molecular complexity index is 726. The molecule has 0 radical (unpaired) electrons. The van der Waals surface area contributed by atoms with E-state index >= 15 is 0 Å². The second kappa shape index (κ2) is 7.70. The van der Waals surface area contributed by atoms with Gasteiger partial charge < -0.3 is 14.5 Å². The highest BCUT2D eigenvalue weighted by Crippen LogP contribution is 2.23. The number of rotatable bonds is 6. The third kappa shape index (κ3) is 3.96. The number of anilines is 1. The SMILES string of the molecule is COCCN1CCCC(CN(C)c2cc(C)nc3c(C)c(C)nn23)C1. The molecule has 1 aliphatic heterocycles. The second-order valence-corrected chi connectivity index (χ2v) is 7.38. The Balaban J connectivity index is 1.76. The van der Waals surface area contributed by atoms with Gasteiger partial charge in [-0.25, -0.2) is 4.98 Å². The maximum atomic E-state index is 5.23. The molecule has 2 aromatic heterocycles. The Morgan fingerprint density at radius 1 is 1.32 bits per heavy atom. The summed E-state index contributed by atoms with van der Waals surface area (Å²) in [5.74, 6) is 1.81. The minimum absolute atomic E-state index is 0.678. The normalized spacial score (nSPS) is 18.8. The summed E-state index contributed by atoms with van der Waals surface area (Å²) in [6, 6.07) is 2.14. The molecule has 25 heavy (non-hydrogen) atoms. The zero-order chi connectivity index (χ0) is 18.0. The monoisotopic (exact) mass is 345 g/mol. The van der Waals surface area contributed by atoms with Gasteiger partial charge >= 0.3 is 0 Å². The number of methoxy groups -OCH3 is 1. The van der Waals surface area contributed by atoms with E-state index in [1.165, 1.54) is 24.9 Å². The van der Waals surface area contributed by atoms with E-state index in [1.54, 1.807) is 7.11 Å². The van der Waals surface area contributed by atoms with E-state index in [4.69, 9.17) is 9.84 Å². The number of aromatic nitrogens is 3. The summed E-state index contributed by atoms with van der Waals surface area (Å²) >= 11 is 0. The molecule has 0 aromatic carbocycles. The predicted octanol–water partition coefficient (Wildman–Crippen LogP) is 2.45. The molecule has 138 valence electrons. The first-order valence-electron chi connectivity index (χ1n) is 9.25. The number of ether oxygens (including phenoxy) is 1. The molecule has 0 spiro atoms. The molecule has 6 heteroatoms. The van der Waals surface area contributed by atoms with Crippen molar-refractivity contribution >= 4 is 11.5 Å². The molecule has 0 amide bonds. The highest BCUT2D eigenvalue weighted by atomic mass is 16.5. The lowest BCUT2D eigenvalue weighted by molar-refractivity contribution is 0.116. The summed E-state index contributed by atoms with van der Waals surface area (Å²) in [5.41, 5.74) is 4.24. The minimum Gasteiger partial charge on any atom is -0.383 e. The van der Waals surface area contributed by atoms with Crippen LogP contribution < -0.4 is 4.90 Å². The maximum absolute atomic E-state index is 5.23. The van der Waals surface area contributed by atoms with Crippen molar-refractivity contribution < 1.29 is 4.74 Å². The number of hydrogen-bond donors (Lipinski definition) is 0. The van der Waals surface area contributed by atoms with Crippen molar-refractivity contribution in [3.63, 3.8) is 0 Å². The highest BCUT2D eigenvalue weighted by Gasteiger charge is 2.22. The maximum Gasteiger partial charge on any atom is 0.160 e. The van der Waals surface area contributed by atoms with Crippen LogP contribution in [0.5, 0.6) is 0 Å². The van der Waals surface area contributed by atoms with Gasteiger partial charge in [0.15, 0.2) is 5.65 Å². The van der Waals surface area contributed by atoms with Gasteiger partial charge in [-0.05, 0) is 46.1 Å². The van der Waals surface area contributed by atoms with E-state index in [0.717, 1.165) is 49.1 Å². The Labute approximate surface area is 150 Å². The first kappa shape index (κ1) is 18.1. The molecular weight excluding hydrogens is 314 g/mol. The van der Waals surface area contributed by atoms with Crippen LogP contribution in [-0.4, -0.2) is 66.4 Å². The van der Waals surface area contributed by atoms with Crippen molar-refractivity contribution in [2.75, 3.05) is 51.8 Å². The van der Waals surface area contributed by atoms with E-state index < -0.39 is 0 Å². The second-order valence-electron chi connectivity index (χ2n) is 7.38. The van der Waals surface area contributed by atoms with Crippen molar-refractivity contribution in [2.45, 2.75) is 33.6 Å². The third-order valence-electron chi connectivity index (χ3n) is 5.30. The van der Waals surface area contributed by atoms with Crippen LogP contribution in [-0.2, 0) is 4.74 Å². The van der Waals surface area contributed by atoms with Crippen molar-refractivity contribution in [2.24, 2.45) is 5.92 Å². The topological polar surface area (TPSA) is 45.9 Å². The Kier molecular flexibility index (Phi) is 5.59. The van der Waals surface area contributed by atoms with Gasteiger partial charge in [-0.15, -0.1) is 0 Å². The predicted molar refractivity (Wildman–Crippen MR) is 102 cm³/mol. The lowest BCUT2D eigenvalue weighted by Gasteiger charge is -2.35. The van der Waals surface area contributed by atoms with Crippen molar-refractivity contribution in [3.8, 4) is 0 Å².